The van der Waals surface area contributed by atoms with Gasteiger partial charge in [0.1, 0.15) is 6.10 Å². The number of nitrogens with zero attached hydrogens (tertiary/aromatic N) is 1. The molecule has 5 rings (SSSR count). The van der Waals surface area contributed by atoms with Gasteiger partial charge in [-0.25, -0.2) is 0 Å². The second-order valence-electron chi connectivity index (χ2n) is 8.50. The van der Waals surface area contributed by atoms with Gasteiger partial charge in [-0.05, 0) is 80.3 Å². The van der Waals surface area contributed by atoms with E-state index in [1.165, 1.54) is 53.5 Å². The van der Waals surface area contributed by atoms with E-state index in [1.54, 1.807) is 0 Å². The van der Waals surface area contributed by atoms with Crippen molar-refractivity contribution in [3.63, 3.8) is 0 Å². The van der Waals surface area contributed by atoms with Crippen molar-refractivity contribution in [1.29, 1.82) is 0 Å². The van der Waals surface area contributed by atoms with E-state index in [0.717, 1.165) is 24.9 Å². The van der Waals surface area contributed by atoms with Gasteiger partial charge >= 0.3 is 0 Å². The molecule has 26 heavy (non-hydrogen) atoms. The van der Waals surface area contributed by atoms with Gasteiger partial charge in [0.25, 0.3) is 0 Å². The Bertz CT molecular complexity index is 800. The van der Waals surface area contributed by atoms with E-state index < -0.39 is 0 Å². The van der Waals surface area contributed by atoms with E-state index in [4.69, 9.17) is 4.74 Å². The van der Waals surface area contributed by atoms with E-state index in [-0.39, 0.29) is 6.10 Å². The van der Waals surface area contributed by atoms with E-state index >= 15 is 0 Å². The molecule has 2 aromatic carbocycles. The summed E-state index contributed by atoms with van der Waals surface area (Å²) in [6.45, 7) is 2.25. The molecule has 2 aliphatic heterocycles. The molecule has 2 bridgehead atoms. The third-order valence-electron chi connectivity index (χ3n) is 7.09. The number of benzene rings is 2. The molecule has 2 fully saturated rings. The third kappa shape index (κ3) is 2.71. The molecular formula is C24H29NO. The Morgan fingerprint density at radius 3 is 2.42 bits per heavy atom. The maximum atomic E-state index is 6.92. The van der Waals surface area contributed by atoms with Crippen LogP contribution in [0.1, 0.15) is 59.6 Å². The first-order chi connectivity index (χ1) is 12.7. The van der Waals surface area contributed by atoms with Gasteiger partial charge in [0.2, 0.25) is 0 Å². The Morgan fingerprint density at radius 2 is 1.62 bits per heavy atom. The van der Waals surface area contributed by atoms with Gasteiger partial charge < -0.3 is 9.64 Å². The van der Waals surface area contributed by atoms with Crippen molar-refractivity contribution in [3.8, 4) is 0 Å². The molecule has 2 saturated heterocycles. The SMILES string of the molecule is Cc1cccc2c1CCc1ccccc1C2OC1C[C@H]2CC[C@@H](C1)N2C. The molecule has 2 nitrogen and oxygen atoms in total. The first kappa shape index (κ1) is 16.5. The standard InChI is InChI=1S/C24H29NO/c1-16-6-5-9-23-21(16)13-10-17-7-3-4-8-22(17)24(23)26-20-14-18-11-12-19(15-20)25(18)2/h3-9,18-20,24H,10-15H2,1-2H3/t18-,19+,20?,24?. The fourth-order valence-corrected chi connectivity index (χ4v) is 5.57. The van der Waals surface area contributed by atoms with Crippen LogP contribution >= 0.6 is 0 Å². The Hall–Kier alpha value is -1.64. The van der Waals surface area contributed by atoms with Crippen LogP contribution in [-0.2, 0) is 17.6 Å². The van der Waals surface area contributed by atoms with Crippen molar-refractivity contribution in [3.05, 3.63) is 70.3 Å². The second-order valence-corrected chi connectivity index (χ2v) is 8.50. The van der Waals surface area contributed by atoms with Crippen LogP contribution < -0.4 is 0 Å². The fraction of sp³-hybridized carbons (Fsp3) is 0.500. The minimum Gasteiger partial charge on any atom is -0.365 e. The quantitative estimate of drug-likeness (QED) is 0.772. The molecule has 0 amide bonds. The van der Waals surface area contributed by atoms with Gasteiger partial charge in [0.15, 0.2) is 0 Å². The van der Waals surface area contributed by atoms with Crippen molar-refractivity contribution in [2.75, 3.05) is 7.05 Å². The highest BCUT2D eigenvalue weighted by molar-refractivity contribution is 5.46. The monoisotopic (exact) mass is 347 g/mol. The summed E-state index contributed by atoms with van der Waals surface area (Å²) >= 11 is 0. The zero-order chi connectivity index (χ0) is 17.7. The average Bonchev–Trinajstić information content (AvgIpc) is 2.83. The lowest BCUT2D eigenvalue weighted by atomic mass is 9.93. The number of fused-ring (bicyclic) bond motifs is 4. The molecule has 0 N–H and O–H groups in total. The molecule has 4 atom stereocenters. The molecule has 136 valence electrons. The summed E-state index contributed by atoms with van der Waals surface area (Å²) in [5.74, 6) is 0. The van der Waals surface area contributed by atoms with Crippen LogP contribution in [0.4, 0.5) is 0 Å². The van der Waals surface area contributed by atoms with Gasteiger partial charge in [-0.15, -0.1) is 0 Å². The highest BCUT2D eigenvalue weighted by Crippen LogP contribution is 2.41. The zero-order valence-electron chi connectivity index (χ0n) is 15.9. The highest BCUT2D eigenvalue weighted by Gasteiger charge is 2.40. The molecule has 0 spiro atoms. The van der Waals surface area contributed by atoms with E-state index in [1.807, 2.05) is 0 Å². The number of hydrogen-bond donors (Lipinski definition) is 0. The largest absolute Gasteiger partial charge is 0.365 e. The smallest absolute Gasteiger partial charge is 0.108 e. The van der Waals surface area contributed by atoms with Gasteiger partial charge in [0.05, 0.1) is 6.10 Å². The molecule has 1 aliphatic carbocycles. The van der Waals surface area contributed by atoms with Crippen LogP contribution in [0.2, 0.25) is 0 Å². The van der Waals surface area contributed by atoms with Crippen molar-refractivity contribution >= 4 is 0 Å². The van der Waals surface area contributed by atoms with Crippen LogP contribution in [0, 0.1) is 6.92 Å². The van der Waals surface area contributed by atoms with E-state index in [9.17, 15) is 0 Å². The predicted octanol–water partition coefficient (Wildman–Crippen LogP) is 4.82. The molecule has 2 heterocycles. The molecule has 3 aliphatic rings. The lowest BCUT2D eigenvalue weighted by Gasteiger charge is -2.38. The maximum Gasteiger partial charge on any atom is 0.108 e. The summed E-state index contributed by atoms with van der Waals surface area (Å²) in [5.41, 5.74) is 7.17. The third-order valence-corrected chi connectivity index (χ3v) is 7.09. The Kier molecular flexibility index (Phi) is 4.14. The number of ether oxygens (including phenoxy) is 1. The summed E-state index contributed by atoms with van der Waals surface area (Å²) in [6.07, 6.45) is 7.78. The average molecular weight is 348 g/mol. The molecule has 2 unspecified atom stereocenters. The zero-order valence-corrected chi connectivity index (χ0v) is 15.9. The van der Waals surface area contributed by atoms with Gasteiger partial charge in [-0.1, -0.05) is 42.5 Å². The van der Waals surface area contributed by atoms with Crippen LogP contribution in [0.15, 0.2) is 42.5 Å². The second kappa shape index (κ2) is 6.51. The molecular weight excluding hydrogens is 318 g/mol. The Balaban J connectivity index is 1.52. The summed E-state index contributed by atoms with van der Waals surface area (Å²) in [4.78, 5) is 2.60. The lowest BCUT2D eigenvalue weighted by Crippen LogP contribution is -2.43. The first-order valence-electron chi connectivity index (χ1n) is 10.2. The highest BCUT2D eigenvalue weighted by atomic mass is 16.5. The topological polar surface area (TPSA) is 12.5 Å². The molecule has 2 aromatic rings. The maximum absolute atomic E-state index is 6.92. The van der Waals surface area contributed by atoms with Crippen molar-refractivity contribution in [1.82, 2.24) is 4.90 Å². The van der Waals surface area contributed by atoms with Crippen molar-refractivity contribution in [2.45, 2.75) is 69.7 Å². The van der Waals surface area contributed by atoms with E-state index in [0.29, 0.717) is 6.10 Å². The van der Waals surface area contributed by atoms with Crippen LogP contribution in [0.25, 0.3) is 0 Å². The minimum absolute atomic E-state index is 0.0939. The Morgan fingerprint density at radius 1 is 0.885 bits per heavy atom. The van der Waals surface area contributed by atoms with Gasteiger partial charge in [0, 0.05) is 12.1 Å². The van der Waals surface area contributed by atoms with Crippen LogP contribution in [0.3, 0.4) is 0 Å². The van der Waals surface area contributed by atoms with Crippen molar-refractivity contribution in [2.24, 2.45) is 0 Å². The first-order valence-corrected chi connectivity index (χ1v) is 10.2. The van der Waals surface area contributed by atoms with Gasteiger partial charge in [-0.3, -0.25) is 0 Å². The van der Waals surface area contributed by atoms with E-state index in [2.05, 4.69) is 61.3 Å². The summed E-state index contributed by atoms with van der Waals surface area (Å²) < 4.78 is 6.92. The Labute approximate surface area is 157 Å². The van der Waals surface area contributed by atoms with Gasteiger partial charge in [-0.2, -0.15) is 0 Å². The summed E-state index contributed by atoms with van der Waals surface area (Å²) in [6, 6.07) is 17.1. The molecule has 0 radical (unpaired) electrons. The molecule has 2 heteroatoms. The van der Waals surface area contributed by atoms with Crippen molar-refractivity contribution < 1.29 is 4.74 Å². The molecule has 0 saturated carbocycles. The number of rotatable bonds is 2. The number of aryl methyl sites for hydroxylation is 2. The molecule has 0 aromatic heterocycles. The fourth-order valence-electron chi connectivity index (χ4n) is 5.57. The lowest BCUT2D eigenvalue weighted by molar-refractivity contribution is -0.0428. The number of hydrogen-bond acceptors (Lipinski definition) is 2. The van der Waals surface area contributed by atoms with Crippen LogP contribution in [0.5, 0.6) is 0 Å². The predicted molar refractivity (Wildman–Crippen MR) is 106 cm³/mol. The normalized spacial score (nSPS) is 30.5. The summed E-state index contributed by atoms with van der Waals surface area (Å²) in [7, 11) is 2.30. The summed E-state index contributed by atoms with van der Waals surface area (Å²) in [5, 5.41) is 0. The minimum atomic E-state index is 0.0939. The van der Waals surface area contributed by atoms with Crippen LogP contribution in [-0.4, -0.2) is 30.1 Å². The number of piperidine rings is 1.